The Hall–Kier alpha value is -2.19. The van der Waals surface area contributed by atoms with E-state index in [1.54, 1.807) is 0 Å². The molecule has 0 atom stereocenters. The van der Waals surface area contributed by atoms with Crippen molar-refractivity contribution in [2.45, 2.75) is 82.3 Å². The van der Waals surface area contributed by atoms with Crippen LogP contribution in [0.15, 0.2) is 30.6 Å². The number of carbonyl (C=O) groups is 1. The van der Waals surface area contributed by atoms with Gasteiger partial charge < -0.3 is 4.57 Å². The zero-order chi connectivity index (χ0) is 26.5. The van der Waals surface area contributed by atoms with Crippen molar-refractivity contribution in [1.82, 2.24) is 14.5 Å². The van der Waals surface area contributed by atoms with Crippen LogP contribution in [0.5, 0.6) is 0 Å². The Labute approximate surface area is 226 Å². The second-order valence-corrected chi connectivity index (χ2v) is 13.0. The normalized spacial score (nSPS) is 23.8. The standard InChI is InChI=1S/C30H36F3N3OS/c1-35-17-22-4-2-5-23(24(22)18-35)26(37)16-21-8-6-20(7-9-21)10-14-36-15-11-27-25(19-36)34-28(38-27)29(12-3-13-29)30(31,32)33/h2,4-5,17-18,20-21H,3,6-16,19H2,1H3. The molecule has 0 saturated heterocycles. The van der Waals surface area contributed by atoms with Gasteiger partial charge in [-0.15, -0.1) is 11.3 Å². The third-order valence-electron chi connectivity index (χ3n) is 9.38. The highest BCUT2D eigenvalue weighted by atomic mass is 32.1. The molecule has 3 aromatic rings. The van der Waals surface area contributed by atoms with E-state index in [2.05, 4.69) is 22.1 Å². The second kappa shape index (κ2) is 10.1. The van der Waals surface area contributed by atoms with Gasteiger partial charge in [0.25, 0.3) is 0 Å². The largest absolute Gasteiger partial charge is 0.400 e. The van der Waals surface area contributed by atoms with Gasteiger partial charge in [0, 0.05) is 60.2 Å². The lowest BCUT2D eigenvalue weighted by atomic mass is 9.68. The predicted molar refractivity (Wildman–Crippen MR) is 145 cm³/mol. The third kappa shape index (κ3) is 4.83. The Morgan fingerprint density at radius 1 is 1.13 bits per heavy atom. The average Bonchev–Trinajstić information content (AvgIpc) is 3.43. The van der Waals surface area contributed by atoms with E-state index in [9.17, 15) is 18.0 Å². The number of hydrogen-bond donors (Lipinski definition) is 0. The third-order valence-corrected chi connectivity index (χ3v) is 10.7. The first-order valence-electron chi connectivity index (χ1n) is 14.1. The van der Waals surface area contributed by atoms with Gasteiger partial charge in [-0.25, -0.2) is 4.98 Å². The summed E-state index contributed by atoms with van der Waals surface area (Å²) in [4.78, 5) is 21.1. The van der Waals surface area contributed by atoms with Crippen molar-refractivity contribution in [2.24, 2.45) is 18.9 Å². The number of ketones is 1. The van der Waals surface area contributed by atoms with E-state index in [1.807, 2.05) is 29.9 Å². The Kier molecular flexibility index (Phi) is 6.92. The molecule has 0 unspecified atom stereocenters. The molecule has 0 N–H and O–H groups in total. The van der Waals surface area contributed by atoms with Gasteiger partial charge in [0.1, 0.15) is 10.4 Å². The maximum atomic E-state index is 13.8. The first kappa shape index (κ1) is 26.1. The number of nitrogens with zero attached hydrogens (tertiary/aromatic N) is 3. The number of carbonyl (C=O) groups excluding carboxylic acids is 1. The summed E-state index contributed by atoms with van der Waals surface area (Å²) in [5, 5.41) is 2.47. The van der Waals surface area contributed by atoms with Crippen molar-refractivity contribution in [3.63, 3.8) is 0 Å². The molecule has 204 valence electrons. The Bertz CT molecular complexity index is 1310. The van der Waals surface area contributed by atoms with Crippen molar-refractivity contribution < 1.29 is 18.0 Å². The van der Waals surface area contributed by atoms with Crippen molar-refractivity contribution in [2.75, 3.05) is 13.1 Å². The molecule has 0 radical (unpaired) electrons. The van der Waals surface area contributed by atoms with E-state index in [0.29, 0.717) is 36.2 Å². The number of Topliss-reactive ketones (excluding diaryl/α,β-unsaturated/α-hetero) is 1. The molecule has 4 nitrogen and oxygen atoms in total. The number of alkyl halides is 3. The number of thiazole rings is 1. The van der Waals surface area contributed by atoms with Crippen LogP contribution < -0.4 is 0 Å². The van der Waals surface area contributed by atoms with Crippen molar-refractivity contribution in [3.8, 4) is 0 Å². The molecule has 0 amide bonds. The van der Waals surface area contributed by atoms with Crippen LogP contribution in [0.3, 0.4) is 0 Å². The van der Waals surface area contributed by atoms with Crippen LogP contribution in [-0.4, -0.2) is 39.5 Å². The maximum absolute atomic E-state index is 13.8. The van der Waals surface area contributed by atoms with Gasteiger partial charge in [0.05, 0.1) is 5.69 Å². The summed E-state index contributed by atoms with van der Waals surface area (Å²) in [7, 11) is 1.99. The Morgan fingerprint density at radius 3 is 2.61 bits per heavy atom. The minimum atomic E-state index is -4.20. The molecule has 2 aromatic heterocycles. The summed E-state index contributed by atoms with van der Waals surface area (Å²) in [5.74, 6) is 1.37. The van der Waals surface area contributed by atoms with Crippen molar-refractivity contribution >= 4 is 27.9 Å². The van der Waals surface area contributed by atoms with Gasteiger partial charge >= 0.3 is 6.18 Å². The van der Waals surface area contributed by atoms with Gasteiger partial charge in [-0.1, -0.05) is 37.5 Å². The number of aryl methyl sites for hydroxylation is 1. The molecule has 2 saturated carbocycles. The molecule has 2 aliphatic carbocycles. The average molecular weight is 544 g/mol. The fourth-order valence-electron chi connectivity index (χ4n) is 6.80. The minimum absolute atomic E-state index is 0.183. The molecular formula is C30H36F3N3OS. The van der Waals surface area contributed by atoms with E-state index in [4.69, 9.17) is 0 Å². The van der Waals surface area contributed by atoms with Crippen molar-refractivity contribution in [1.29, 1.82) is 0 Å². The summed E-state index contributed by atoms with van der Waals surface area (Å²) in [6, 6.07) is 5.99. The number of hydrogen-bond acceptors (Lipinski definition) is 4. The highest BCUT2D eigenvalue weighted by molar-refractivity contribution is 7.12. The van der Waals surface area contributed by atoms with Crippen molar-refractivity contribution in [3.05, 3.63) is 51.7 Å². The van der Waals surface area contributed by atoms with E-state index < -0.39 is 11.6 Å². The predicted octanol–water partition coefficient (Wildman–Crippen LogP) is 7.45. The van der Waals surface area contributed by atoms with Gasteiger partial charge in [0.15, 0.2) is 5.78 Å². The van der Waals surface area contributed by atoms with Crippen LogP contribution in [0.2, 0.25) is 0 Å². The molecule has 6 rings (SSSR count). The lowest BCUT2D eigenvalue weighted by Crippen LogP contribution is -2.47. The minimum Gasteiger partial charge on any atom is -0.356 e. The fourth-order valence-corrected chi connectivity index (χ4v) is 8.13. The Balaban J connectivity index is 0.986. The van der Waals surface area contributed by atoms with Crippen LogP contribution in [0.1, 0.15) is 83.7 Å². The van der Waals surface area contributed by atoms with Gasteiger partial charge in [0.2, 0.25) is 0 Å². The topological polar surface area (TPSA) is 38.1 Å². The highest BCUT2D eigenvalue weighted by Gasteiger charge is 2.61. The van der Waals surface area contributed by atoms with Crippen LogP contribution in [0, 0.1) is 11.8 Å². The van der Waals surface area contributed by atoms with E-state index in [1.165, 1.54) is 11.3 Å². The van der Waals surface area contributed by atoms with E-state index >= 15 is 0 Å². The lowest BCUT2D eigenvalue weighted by Gasteiger charge is -2.41. The lowest BCUT2D eigenvalue weighted by molar-refractivity contribution is -0.212. The van der Waals surface area contributed by atoms with Crippen LogP contribution in [0.4, 0.5) is 13.2 Å². The van der Waals surface area contributed by atoms with Crippen LogP contribution >= 0.6 is 11.3 Å². The molecule has 3 heterocycles. The van der Waals surface area contributed by atoms with Gasteiger partial charge in [-0.2, -0.15) is 13.2 Å². The summed E-state index contributed by atoms with van der Waals surface area (Å²) >= 11 is 1.31. The summed E-state index contributed by atoms with van der Waals surface area (Å²) < 4.78 is 43.4. The highest BCUT2D eigenvalue weighted by Crippen LogP contribution is 2.56. The summed E-state index contributed by atoms with van der Waals surface area (Å²) in [6.07, 6.45) is 7.95. The zero-order valence-corrected chi connectivity index (χ0v) is 22.8. The second-order valence-electron chi connectivity index (χ2n) is 11.9. The van der Waals surface area contributed by atoms with Gasteiger partial charge in [-0.3, -0.25) is 9.69 Å². The molecule has 1 aromatic carbocycles. The number of halogens is 3. The smallest absolute Gasteiger partial charge is 0.356 e. The molecule has 8 heteroatoms. The molecule has 3 aliphatic rings. The maximum Gasteiger partial charge on any atom is 0.400 e. The molecule has 1 aliphatic heterocycles. The number of benzene rings is 1. The van der Waals surface area contributed by atoms with Gasteiger partial charge in [-0.05, 0) is 56.9 Å². The van der Waals surface area contributed by atoms with E-state index in [-0.39, 0.29) is 18.6 Å². The molecule has 2 fully saturated rings. The molecular weight excluding hydrogens is 507 g/mol. The number of rotatable bonds is 7. The fraction of sp³-hybridized carbons (Fsp3) is 0.600. The first-order chi connectivity index (χ1) is 18.2. The van der Waals surface area contributed by atoms with Crippen LogP contribution in [0.25, 0.3) is 10.8 Å². The SMILES string of the molecule is Cn1cc2cccc(C(=O)CC3CCC(CCN4CCc5sc(C6(C(F)(F)F)CCC6)nc5C4)CC3)c2c1. The zero-order valence-electron chi connectivity index (χ0n) is 22.0. The van der Waals surface area contributed by atoms with Crippen LogP contribution in [-0.2, 0) is 25.4 Å². The molecule has 38 heavy (non-hydrogen) atoms. The number of aromatic nitrogens is 2. The van der Waals surface area contributed by atoms with E-state index in [0.717, 1.165) is 78.5 Å². The number of fused-ring (bicyclic) bond motifs is 2. The summed E-state index contributed by atoms with van der Waals surface area (Å²) in [6.45, 7) is 2.55. The molecule has 0 spiro atoms. The monoisotopic (exact) mass is 543 g/mol. The molecule has 0 bridgehead atoms. The first-order valence-corrected chi connectivity index (χ1v) is 14.9. The quantitative estimate of drug-likeness (QED) is 0.291. The summed E-state index contributed by atoms with van der Waals surface area (Å²) in [5.41, 5.74) is 0.0359. The Morgan fingerprint density at radius 2 is 1.89 bits per heavy atom.